The second-order valence-corrected chi connectivity index (χ2v) is 5.17. The number of carboxylic acid groups (broad SMARTS) is 1. The van der Waals surface area contributed by atoms with Crippen molar-refractivity contribution in [3.63, 3.8) is 0 Å². The van der Waals surface area contributed by atoms with Crippen LogP contribution < -0.4 is 4.80 Å². The van der Waals surface area contributed by atoms with Gasteiger partial charge in [-0.25, -0.2) is 4.79 Å². The van der Waals surface area contributed by atoms with Crippen molar-refractivity contribution in [2.45, 2.75) is 6.54 Å². The number of carbonyl (C=O) groups is 1. The molecule has 0 aromatic carbocycles. The van der Waals surface area contributed by atoms with E-state index >= 15 is 0 Å². The topological polar surface area (TPSA) is 61.1 Å². The largest absolute Gasteiger partial charge is 0.465 e. The lowest BCUT2D eigenvalue weighted by molar-refractivity contribution is 0.102. The summed E-state index contributed by atoms with van der Waals surface area (Å²) in [6, 6.07) is 0. The monoisotopic (exact) mass is 270 g/mol. The molecule has 0 bridgehead atoms. The minimum Gasteiger partial charge on any atom is -0.465 e. The molecule has 1 aromatic heterocycles. The average Bonchev–Trinajstić information content (AvgIpc) is 2.71. The molecule has 1 aromatic rings. The van der Waals surface area contributed by atoms with Crippen LogP contribution in [-0.2, 0) is 13.6 Å². The Morgan fingerprint density at radius 3 is 2.61 bits per heavy atom. The van der Waals surface area contributed by atoms with E-state index in [1.807, 2.05) is 7.05 Å². The van der Waals surface area contributed by atoms with Gasteiger partial charge in [-0.3, -0.25) is 9.89 Å². The molecule has 0 aliphatic carbocycles. The van der Waals surface area contributed by atoms with Crippen LogP contribution in [0.25, 0.3) is 0 Å². The fraction of sp³-hybridized carbons (Fsp3) is 0.636. The van der Waals surface area contributed by atoms with E-state index in [0.717, 1.165) is 24.4 Å². The highest BCUT2D eigenvalue weighted by molar-refractivity contribution is 7.07. The van der Waals surface area contributed by atoms with Gasteiger partial charge in [-0.2, -0.15) is 0 Å². The Hall–Kier alpha value is -1.34. The van der Waals surface area contributed by atoms with Crippen LogP contribution in [0.5, 0.6) is 0 Å². The minimum atomic E-state index is -0.817. The van der Waals surface area contributed by atoms with Gasteiger partial charge in [-0.05, 0) is 0 Å². The maximum atomic E-state index is 10.8. The molecule has 1 N–H and O–H groups in total. The van der Waals surface area contributed by atoms with Crippen LogP contribution in [0.1, 0.15) is 5.69 Å². The summed E-state index contributed by atoms with van der Waals surface area (Å²) < 4.78 is 2.09. The van der Waals surface area contributed by atoms with Crippen molar-refractivity contribution in [1.29, 1.82) is 0 Å². The lowest BCUT2D eigenvalue weighted by Gasteiger charge is -2.32. The molecule has 1 amide bonds. The second kappa shape index (κ2) is 5.53. The zero-order valence-electron chi connectivity index (χ0n) is 10.7. The third kappa shape index (κ3) is 2.73. The first-order valence-corrected chi connectivity index (χ1v) is 6.76. The lowest BCUT2D eigenvalue weighted by atomic mass is 10.3. The molecule has 7 heteroatoms. The van der Waals surface area contributed by atoms with Crippen LogP contribution in [0, 0.1) is 0 Å². The standard InChI is InChI=1S/C11H18N4O2S/c1-12-10-13(2)9(8-18-10)7-14-3-5-15(6-4-14)11(16)17/h8H,3-7H2,1-2H3,(H,16,17)/b12-10-. The van der Waals surface area contributed by atoms with Gasteiger partial charge in [0.25, 0.3) is 0 Å². The van der Waals surface area contributed by atoms with Gasteiger partial charge in [-0.15, -0.1) is 11.3 Å². The molecule has 100 valence electrons. The van der Waals surface area contributed by atoms with Gasteiger partial charge in [0.15, 0.2) is 4.80 Å². The summed E-state index contributed by atoms with van der Waals surface area (Å²) in [6.07, 6.45) is -0.817. The SMILES string of the molecule is C/N=c1\scc(CN2CCN(C(=O)O)CC2)n1C. The van der Waals surface area contributed by atoms with E-state index in [2.05, 4.69) is 19.8 Å². The Kier molecular flexibility index (Phi) is 4.03. The fourth-order valence-electron chi connectivity index (χ4n) is 2.07. The molecule has 0 unspecified atom stereocenters. The molecule has 0 saturated carbocycles. The first-order chi connectivity index (χ1) is 8.61. The van der Waals surface area contributed by atoms with Crippen molar-refractivity contribution in [2.75, 3.05) is 33.2 Å². The molecule has 1 fully saturated rings. The van der Waals surface area contributed by atoms with E-state index in [9.17, 15) is 4.79 Å². The molecule has 1 aliphatic rings. The molecule has 2 rings (SSSR count). The summed E-state index contributed by atoms with van der Waals surface area (Å²) in [4.78, 5) is 19.8. The molecule has 1 saturated heterocycles. The van der Waals surface area contributed by atoms with Gasteiger partial charge < -0.3 is 14.6 Å². The number of thiazole rings is 1. The van der Waals surface area contributed by atoms with Gasteiger partial charge in [0.05, 0.1) is 0 Å². The normalized spacial score (nSPS) is 18.3. The Morgan fingerprint density at radius 2 is 2.11 bits per heavy atom. The van der Waals surface area contributed by atoms with E-state index < -0.39 is 6.09 Å². The smallest absolute Gasteiger partial charge is 0.407 e. The predicted octanol–water partition coefficient (Wildman–Crippen LogP) is 0.413. The average molecular weight is 270 g/mol. The Labute approximate surface area is 110 Å². The highest BCUT2D eigenvalue weighted by atomic mass is 32.1. The van der Waals surface area contributed by atoms with E-state index in [4.69, 9.17) is 5.11 Å². The van der Waals surface area contributed by atoms with Gasteiger partial charge in [0.1, 0.15) is 0 Å². The molecule has 0 atom stereocenters. The van der Waals surface area contributed by atoms with Crippen LogP contribution in [-0.4, -0.2) is 58.8 Å². The van der Waals surface area contributed by atoms with Crippen LogP contribution >= 0.6 is 11.3 Å². The molecule has 2 heterocycles. The summed E-state index contributed by atoms with van der Waals surface area (Å²) in [5.41, 5.74) is 1.23. The molecule has 6 nitrogen and oxygen atoms in total. The number of amides is 1. The number of hydrogen-bond donors (Lipinski definition) is 1. The highest BCUT2D eigenvalue weighted by Crippen LogP contribution is 2.08. The molecular weight excluding hydrogens is 252 g/mol. The van der Waals surface area contributed by atoms with E-state index in [-0.39, 0.29) is 0 Å². The molecule has 0 radical (unpaired) electrons. The Balaban J connectivity index is 1.95. The van der Waals surface area contributed by atoms with Crippen LogP contribution in [0.4, 0.5) is 4.79 Å². The van der Waals surface area contributed by atoms with Gasteiger partial charge in [0.2, 0.25) is 0 Å². The predicted molar refractivity (Wildman–Crippen MR) is 69.7 cm³/mol. The number of hydrogen-bond acceptors (Lipinski definition) is 4. The number of piperazine rings is 1. The van der Waals surface area contributed by atoms with Crippen molar-refractivity contribution >= 4 is 17.4 Å². The van der Waals surface area contributed by atoms with Crippen molar-refractivity contribution < 1.29 is 9.90 Å². The van der Waals surface area contributed by atoms with Crippen molar-refractivity contribution in [2.24, 2.45) is 12.0 Å². The van der Waals surface area contributed by atoms with Crippen LogP contribution in [0.2, 0.25) is 0 Å². The summed E-state index contributed by atoms with van der Waals surface area (Å²) in [7, 11) is 3.81. The van der Waals surface area contributed by atoms with Crippen molar-refractivity contribution in [1.82, 2.24) is 14.4 Å². The molecule has 18 heavy (non-hydrogen) atoms. The molecule has 0 spiro atoms. The maximum Gasteiger partial charge on any atom is 0.407 e. The summed E-state index contributed by atoms with van der Waals surface area (Å²) in [5.74, 6) is 0. The number of rotatable bonds is 2. The van der Waals surface area contributed by atoms with Gasteiger partial charge in [-0.1, -0.05) is 0 Å². The van der Waals surface area contributed by atoms with Crippen LogP contribution in [0.3, 0.4) is 0 Å². The first-order valence-electron chi connectivity index (χ1n) is 5.88. The van der Waals surface area contributed by atoms with E-state index in [0.29, 0.717) is 13.1 Å². The van der Waals surface area contributed by atoms with E-state index in [1.165, 1.54) is 10.6 Å². The summed E-state index contributed by atoms with van der Waals surface area (Å²) in [6.45, 7) is 3.62. The van der Waals surface area contributed by atoms with Gasteiger partial charge in [0, 0.05) is 57.9 Å². The zero-order chi connectivity index (χ0) is 13.1. The molecule has 1 aliphatic heterocycles. The number of aromatic nitrogens is 1. The highest BCUT2D eigenvalue weighted by Gasteiger charge is 2.20. The first kappa shape index (κ1) is 13.1. The van der Waals surface area contributed by atoms with Crippen molar-refractivity contribution in [3.8, 4) is 0 Å². The second-order valence-electron chi connectivity index (χ2n) is 4.34. The fourth-order valence-corrected chi connectivity index (χ4v) is 2.93. The maximum absolute atomic E-state index is 10.8. The number of nitrogens with zero attached hydrogens (tertiary/aromatic N) is 4. The zero-order valence-corrected chi connectivity index (χ0v) is 11.5. The third-order valence-electron chi connectivity index (χ3n) is 3.24. The van der Waals surface area contributed by atoms with E-state index in [1.54, 1.807) is 18.4 Å². The minimum absolute atomic E-state index is 0.591. The van der Waals surface area contributed by atoms with Gasteiger partial charge >= 0.3 is 6.09 Å². The lowest BCUT2D eigenvalue weighted by Crippen LogP contribution is -2.48. The Morgan fingerprint density at radius 1 is 1.44 bits per heavy atom. The quantitative estimate of drug-likeness (QED) is 0.847. The molecular formula is C11H18N4O2S. The summed E-state index contributed by atoms with van der Waals surface area (Å²) >= 11 is 1.64. The van der Waals surface area contributed by atoms with Crippen LogP contribution in [0.15, 0.2) is 10.4 Å². The third-order valence-corrected chi connectivity index (χ3v) is 4.30. The van der Waals surface area contributed by atoms with Crippen molar-refractivity contribution in [3.05, 3.63) is 15.9 Å². The summed E-state index contributed by atoms with van der Waals surface area (Å²) in [5, 5.41) is 11.0. The Bertz CT molecular complexity index is 485.